The Bertz CT molecular complexity index is 859. The van der Waals surface area contributed by atoms with Crippen LogP contribution in [0.3, 0.4) is 0 Å². The van der Waals surface area contributed by atoms with Gasteiger partial charge in [0.1, 0.15) is 5.75 Å². The number of carbonyl (C=O) groups excluding carboxylic acids is 2. The smallest absolute Gasteiger partial charge is 0.409 e. The van der Waals surface area contributed by atoms with E-state index in [9.17, 15) is 18.0 Å². The third-order valence-electron chi connectivity index (χ3n) is 5.20. The van der Waals surface area contributed by atoms with Crippen molar-refractivity contribution >= 4 is 22.0 Å². The van der Waals surface area contributed by atoms with E-state index in [1.165, 1.54) is 29.6 Å². The Labute approximate surface area is 171 Å². The minimum atomic E-state index is -3.64. The summed E-state index contributed by atoms with van der Waals surface area (Å²) < 4.78 is 37.5. The highest BCUT2D eigenvalue weighted by Gasteiger charge is 2.31. The molecule has 160 valence electrons. The van der Waals surface area contributed by atoms with E-state index in [-0.39, 0.29) is 16.4 Å². The van der Waals surface area contributed by atoms with Crippen LogP contribution in [0.5, 0.6) is 5.75 Å². The van der Waals surface area contributed by atoms with Crippen molar-refractivity contribution < 1.29 is 27.5 Å². The van der Waals surface area contributed by atoms with Gasteiger partial charge in [-0.3, -0.25) is 4.79 Å². The van der Waals surface area contributed by atoms with E-state index in [4.69, 9.17) is 9.47 Å². The van der Waals surface area contributed by atoms with E-state index in [1.54, 1.807) is 16.7 Å². The van der Waals surface area contributed by atoms with Crippen LogP contribution >= 0.6 is 0 Å². The number of hydrogen-bond donors (Lipinski definition) is 0. The highest BCUT2D eigenvalue weighted by Crippen LogP contribution is 2.27. The van der Waals surface area contributed by atoms with Gasteiger partial charge in [-0.05, 0) is 38.0 Å². The summed E-state index contributed by atoms with van der Waals surface area (Å²) in [5, 5.41) is 0. The van der Waals surface area contributed by atoms with Crippen molar-refractivity contribution in [3.63, 3.8) is 0 Å². The number of sulfonamides is 1. The van der Waals surface area contributed by atoms with Crippen LogP contribution in [0.4, 0.5) is 4.79 Å². The molecule has 2 saturated heterocycles. The molecular formula is C19H27N3O6S. The molecule has 0 bridgehead atoms. The minimum absolute atomic E-state index is 0.0914. The third kappa shape index (κ3) is 4.48. The van der Waals surface area contributed by atoms with E-state index in [1.807, 2.05) is 0 Å². The molecule has 1 aromatic rings. The second-order valence-electron chi connectivity index (χ2n) is 6.95. The number of ether oxygens (including phenoxy) is 2. The fourth-order valence-corrected chi connectivity index (χ4v) is 5.11. The summed E-state index contributed by atoms with van der Waals surface area (Å²) in [5.74, 6) is 0.00650. The zero-order valence-electron chi connectivity index (χ0n) is 16.8. The predicted octanol–water partition coefficient (Wildman–Crippen LogP) is 1.39. The Kier molecular flexibility index (Phi) is 6.63. The van der Waals surface area contributed by atoms with Crippen LogP contribution < -0.4 is 4.74 Å². The molecule has 0 saturated carbocycles. The molecule has 0 atom stereocenters. The maximum atomic E-state index is 13.1. The molecule has 0 unspecified atom stereocenters. The number of benzene rings is 1. The SMILES string of the molecule is CCOC(=O)N1CCN(C(=O)c2cc(S(=O)(=O)N3CCCC3)ccc2OC)CC1. The monoisotopic (exact) mass is 425 g/mol. The molecule has 10 heteroatoms. The second-order valence-corrected chi connectivity index (χ2v) is 8.89. The molecule has 0 radical (unpaired) electrons. The Morgan fingerprint density at radius 3 is 2.21 bits per heavy atom. The molecule has 2 amide bonds. The quantitative estimate of drug-likeness (QED) is 0.707. The number of rotatable bonds is 5. The first kappa shape index (κ1) is 21.4. The molecule has 2 heterocycles. The average Bonchev–Trinajstić information content (AvgIpc) is 3.29. The molecule has 1 aromatic carbocycles. The molecule has 9 nitrogen and oxygen atoms in total. The van der Waals surface area contributed by atoms with Gasteiger partial charge in [-0.25, -0.2) is 13.2 Å². The number of carbonyl (C=O) groups is 2. The van der Waals surface area contributed by atoms with Crippen molar-refractivity contribution in [2.45, 2.75) is 24.7 Å². The summed E-state index contributed by atoms with van der Waals surface area (Å²) in [6.45, 7) is 4.42. The van der Waals surface area contributed by atoms with Gasteiger partial charge in [0.05, 0.1) is 24.2 Å². The zero-order valence-corrected chi connectivity index (χ0v) is 17.6. The fraction of sp³-hybridized carbons (Fsp3) is 0.579. The molecular weight excluding hydrogens is 398 g/mol. The highest BCUT2D eigenvalue weighted by molar-refractivity contribution is 7.89. The number of methoxy groups -OCH3 is 1. The Hall–Kier alpha value is -2.33. The first-order valence-corrected chi connectivity index (χ1v) is 11.2. The van der Waals surface area contributed by atoms with Crippen LogP contribution in [0.1, 0.15) is 30.1 Å². The Morgan fingerprint density at radius 1 is 1.00 bits per heavy atom. The maximum absolute atomic E-state index is 13.1. The molecule has 3 rings (SSSR count). The lowest BCUT2D eigenvalue weighted by atomic mass is 10.1. The lowest BCUT2D eigenvalue weighted by Gasteiger charge is -2.34. The van der Waals surface area contributed by atoms with Crippen molar-refractivity contribution in [2.24, 2.45) is 0 Å². The normalized spacial score (nSPS) is 18.0. The first-order valence-electron chi connectivity index (χ1n) is 9.77. The molecule has 29 heavy (non-hydrogen) atoms. The minimum Gasteiger partial charge on any atom is -0.496 e. The van der Waals surface area contributed by atoms with Gasteiger partial charge < -0.3 is 19.3 Å². The van der Waals surface area contributed by atoms with Crippen molar-refractivity contribution in [3.8, 4) is 5.75 Å². The van der Waals surface area contributed by atoms with Crippen LogP contribution in [0, 0.1) is 0 Å². The summed E-state index contributed by atoms with van der Waals surface area (Å²) in [5.41, 5.74) is 0.206. The van der Waals surface area contributed by atoms with E-state index in [0.29, 0.717) is 51.6 Å². The molecule has 0 aliphatic carbocycles. The fourth-order valence-electron chi connectivity index (χ4n) is 3.57. The standard InChI is InChI=1S/C19H27N3O6S/c1-3-28-19(24)21-12-10-20(11-13-21)18(23)16-14-15(6-7-17(16)27-2)29(25,26)22-8-4-5-9-22/h6-7,14H,3-5,8-13H2,1-2H3. The Balaban J connectivity index is 1.79. The summed E-state index contributed by atoms with van der Waals surface area (Å²) in [6, 6.07) is 4.39. The van der Waals surface area contributed by atoms with E-state index >= 15 is 0 Å². The molecule has 2 aliphatic rings. The lowest BCUT2D eigenvalue weighted by Crippen LogP contribution is -2.50. The van der Waals surface area contributed by atoms with Crippen LogP contribution in [-0.4, -0.2) is 87.5 Å². The van der Waals surface area contributed by atoms with Crippen LogP contribution in [0.15, 0.2) is 23.1 Å². The van der Waals surface area contributed by atoms with Gasteiger partial charge in [0.25, 0.3) is 5.91 Å². The topological polar surface area (TPSA) is 96.5 Å². The average molecular weight is 426 g/mol. The number of amides is 2. The number of hydrogen-bond acceptors (Lipinski definition) is 6. The van der Waals surface area contributed by atoms with Crippen LogP contribution in [0.2, 0.25) is 0 Å². The highest BCUT2D eigenvalue weighted by atomic mass is 32.2. The molecule has 0 N–H and O–H groups in total. The zero-order chi connectivity index (χ0) is 21.0. The van der Waals surface area contributed by atoms with E-state index < -0.39 is 16.1 Å². The maximum Gasteiger partial charge on any atom is 0.409 e. The van der Waals surface area contributed by atoms with Crippen LogP contribution in [-0.2, 0) is 14.8 Å². The summed E-state index contributed by atoms with van der Waals surface area (Å²) in [4.78, 5) is 28.2. The van der Waals surface area contributed by atoms with Gasteiger partial charge in [-0.2, -0.15) is 4.31 Å². The lowest BCUT2D eigenvalue weighted by molar-refractivity contribution is 0.0567. The van der Waals surface area contributed by atoms with E-state index in [2.05, 4.69) is 0 Å². The van der Waals surface area contributed by atoms with Crippen molar-refractivity contribution in [1.82, 2.24) is 14.1 Å². The molecule has 0 spiro atoms. The van der Waals surface area contributed by atoms with Crippen molar-refractivity contribution in [2.75, 3.05) is 53.0 Å². The van der Waals surface area contributed by atoms with Gasteiger partial charge >= 0.3 is 6.09 Å². The van der Waals surface area contributed by atoms with Gasteiger partial charge in [0, 0.05) is 39.3 Å². The predicted molar refractivity (Wildman–Crippen MR) is 105 cm³/mol. The van der Waals surface area contributed by atoms with Gasteiger partial charge in [-0.1, -0.05) is 0 Å². The molecule has 2 aliphatic heterocycles. The number of nitrogens with zero attached hydrogens (tertiary/aromatic N) is 3. The van der Waals surface area contributed by atoms with Crippen LogP contribution in [0.25, 0.3) is 0 Å². The third-order valence-corrected chi connectivity index (χ3v) is 7.09. The van der Waals surface area contributed by atoms with Gasteiger partial charge in [-0.15, -0.1) is 0 Å². The van der Waals surface area contributed by atoms with Crippen molar-refractivity contribution in [3.05, 3.63) is 23.8 Å². The van der Waals surface area contributed by atoms with Gasteiger partial charge in [0.2, 0.25) is 10.0 Å². The summed E-state index contributed by atoms with van der Waals surface area (Å²) >= 11 is 0. The molecule has 0 aromatic heterocycles. The summed E-state index contributed by atoms with van der Waals surface area (Å²) in [6.07, 6.45) is 1.29. The Morgan fingerprint density at radius 2 is 1.62 bits per heavy atom. The summed E-state index contributed by atoms with van der Waals surface area (Å²) in [7, 11) is -2.20. The van der Waals surface area contributed by atoms with Gasteiger partial charge in [0.15, 0.2) is 0 Å². The number of piperazine rings is 1. The second kappa shape index (κ2) is 9.00. The first-order chi connectivity index (χ1) is 13.9. The van der Waals surface area contributed by atoms with E-state index in [0.717, 1.165) is 12.8 Å². The largest absolute Gasteiger partial charge is 0.496 e. The van der Waals surface area contributed by atoms with Crippen molar-refractivity contribution in [1.29, 1.82) is 0 Å². The molecule has 2 fully saturated rings.